The molecule has 1 atom stereocenters. The molecule has 2 aromatic heterocycles. The number of aliphatic hydroxyl groups is 1. The van der Waals surface area contributed by atoms with E-state index in [0.29, 0.717) is 22.0 Å². The van der Waals surface area contributed by atoms with E-state index in [1.165, 1.54) is 19.2 Å². The molecule has 1 aromatic carbocycles. The zero-order chi connectivity index (χ0) is 27.2. The van der Waals surface area contributed by atoms with Gasteiger partial charge in [0.05, 0.1) is 51.1 Å². The highest BCUT2D eigenvalue weighted by Crippen LogP contribution is 2.47. The number of phenols is 1. The van der Waals surface area contributed by atoms with Gasteiger partial charge in [0.2, 0.25) is 5.78 Å². The number of ketones is 1. The highest BCUT2D eigenvalue weighted by Gasteiger charge is 2.47. The minimum absolute atomic E-state index is 0.0855. The Balaban J connectivity index is 1.93. The quantitative estimate of drug-likeness (QED) is 0.281. The molecule has 0 bridgehead atoms. The molecule has 0 aliphatic carbocycles. The summed E-state index contributed by atoms with van der Waals surface area (Å²) < 4.78 is 10.6. The number of aliphatic hydroxyl groups excluding tert-OH is 1. The molecule has 0 saturated heterocycles. The standard InChI is InChI=1S/C24H22BrN3O7S2/c1-6-35-23(33)21-10(3)27-24(37-21)28-16(12-7-13(25)17(29)14(8-12)34-5)15(19(31)22(28)32)18(30)20-9(2)26-11(4)36-20/h7-8,16,29,31H,6H2,1-5H3. The molecule has 4 rings (SSSR count). The largest absolute Gasteiger partial charge is 0.503 e. The number of anilines is 1. The van der Waals surface area contributed by atoms with Crippen LogP contribution in [-0.4, -0.2) is 51.6 Å². The Kier molecular flexibility index (Phi) is 7.40. The van der Waals surface area contributed by atoms with Gasteiger partial charge in [0, 0.05) is 0 Å². The lowest BCUT2D eigenvalue weighted by Crippen LogP contribution is -2.31. The first-order valence-corrected chi connectivity index (χ1v) is 13.4. The van der Waals surface area contributed by atoms with Gasteiger partial charge in [-0.05, 0) is 61.3 Å². The van der Waals surface area contributed by atoms with Gasteiger partial charge >= 0.3 is 5.97 Å². The van der Waals surface area contributed by atoms with Gasteiger partial charge in [-0.15, -0.1) is 11.3 Å². The molecule has 0 saturated carbocycles. The van der Waals surface area contributed by atoms with Crippen molar-refractivity contribution < 1.29 is 34.1 Å². The molecule has 0 fully saturated rings. The fourth-order valence-corrected chi connectivity index (χ4v) is 6.31. The molecular weight excluding hydrogens is 586 g/mol. The number of hydrogen-bond donors (Lipinski definition) is 2. The SMILES string of the molecule is CCOC(=O)c1sc(N2C(=O)C(O)=C(C(=O)c3sc(C)nc3C)C2c2cc(Br)c(O)c(OC)c2)nc1C. The number of carbonyl (C=O) groups excluding carboxylic acids is 3. The monoisotopic (exact) mass is 607 g/mol. The summed E-state index contributed by atoms with van der Waals surface area (Å²) in [6, 6.07) is 1.84. The number of amides is 1. The molecule has 1 unspecified atom stereocenters. The number of rotatable bonds is 7. The maximum Gasteiger partial charge on any atom is 0.350 e. The lowest BCUT2D eigenvalue weighted by Gasteiger charge is -2.25. The van der Waals surface area contributed by atoms with Gasteiger partial charge < -0.3 is 19.7 Å². The predicted octanol–water partition coefficient (Wildman–Crippen LogP) is 4.96. The summed E-state index contributed by atoms with van der Waals surface area (Å²) in [6.07, 6.45) is 0. The van der Waals surface area contributed by atoms with E-state index < -0.39 is 29.5 Å². The van der Waals surface area contributed by atoms with Gasteiger partial charge in [0.1, 0.15) is 4.88 Å². The number of benzene rings is 1. The Morgan fingerprint density at radius 1 is 1.11 bits per heavy atom. The minimum Gasteiger partial charge on any atom is -0.503 e. The van der Waals surface area contributed by atoms with Gasteiger partial charge in [0.15, 0.2) is 22.4 Å². The maximum absolute atomic E-state index is 13.8. The summed E-state index contributed by atoms with van der Waals surface area (Å²) in [7, 11) is 1.36. The number of Topliss-reactive ketones (excluding diaryl/α,β-unsaturated/α-hetero) is 1. The van der Waals surface area contributed by atoms with Gasteiger partial charge in [0.25, 0.3) is 5.91 Å². The fourth-order valence-electron chi connectivity index (χ4n) is 3.99. The summed E-state index contributed by atoms with van der Waals surface area (Å²) in [5, 5.41) is 22.1. The third-order valence-electron chi connectivity index (χ3n) is 5.60. The minimum atomic E-state index is -1.15. The number of carbonyl (C=O) groups is 3. The van der Waals surface area contributed by atoms with Crippen molar-refractivity contribution in [2.45, 2.75) is 33.7 Å². The van der Waals surface area contributed by atoms with E-state index in [-0.39, 0.29) is 43.0 Å². The number of aromatic hydroxyl groups is 1. The number of esters is 1. The Bertz CT molecular complexity index is 1480. The Hall–Kier alpha value is -3.29. The smallest absolute Gasteiger partial charge is 0.350 e. The van der Waals surface area contributed by atoms with Crippen molar-refractivity contribution in [3.05, 3.63) is 59.7 Å². The van der Waals surface area contributed by atoms with Crippen LogP contribution in [0, 0.1) is 20.8 Å². The molecule has 1 aliphatic rings. The molecule has 13 heteroatoms. The third-order valence-corrected chi connectivity index (χ3v) is 8.41. The van der Waals surface area contributed by atoms with Crippen LogP contribution in [0.2, 0.25) is 0 Å². The second-order valence-corrected chi connectivity index (χ2v) is 11.0. The summed E-state index contributed by atoms with van der Waals surface area (Å²) in [5.74, 6) is -2.85. The molecule has 0 spiro atoms. The molecule has 3 heterocycles. The van der Waals surface area contributed by atoms with Gasteiger partial charge in [-0.1, -0.05) is 11.3 Å². The van der Waals surface area contributed by atoms with Crippen LogP contribution in [0.5, 0.6) is 11.5 Å². The molecule has 3 aromatic rings. The highest BCUT2D eigenvalue weighted by molar-refractivity contribution is 9.10. The topological polar surface area (TPSA) is 139 Å². The van der Waals surface area contributed by atoms with Crippen molar-refractivity contribution in [3.8, 4) is 11.5 Å². The van der Waals surface area contributed by atoms with Crippen LogP contribution in [-0.2, 0) is 9.53 Å². The van der Waals surface area contributed by atoms with E-state index in [2.05, 4.69) is 25.9 Å². The maximum atomic E-state index is 13.8. The van der Waals surface area contributed by atoms with Crippen LogP contribution >= 0.6 is 38.6 Å². The number of phenolic OH excluding ortho intramolecular Hbond substituents is 1. The average Bonchev–Trinajstić information content (AvgIpc) is 3.48. The molecule has 0 radical (unpaired) electrons. The van der Waals surface area contributed by atoms with E-state index >= 15 is 0 Å². The summed E-state index contributed by atoms with van der Waals surface area (Å²) in [5.41, 5.74) is 0.980. The molecule has 1 amide bonds. The number of nitrogens with zero attached hydrogens (tertiary/aromatic N) is 3. The van der Waals surface area contributed by atoms with Crippen LogP contribution in [0.3, 0.4) is 0 Å². The number of methoxy groups -OCH3 is 1. The Morgan fingerprint density at radius 3 is 2.38 bits per heavy atom. The van der Waals surface area contributed by atoms with Crippen molar-refractivity contribution in [3.63, 3.8) is 0 Å². The normalized spacial score (nSPS) is 15.5. The molecule has 1 aliphatic heterocycles. The van der Waals surface area contributed by atoms with Crippen molar-refractivity contribution in [2.75, 3.05) is 18.6 Å². The number of aromatic nitrogens is 2. The lowest BCUT2D eigenvalue weighted by atomic mass is 9.95. The first kappa shape index (κ1) is 26.8. The molecular formula is C24H22BrN3O7S2. The van der Waals surface area contributed by atoms with Crippen molar-refractivity contribution >= 4 is 61.4 Å². The Labute approximate surface area is 228 Å². The van der Waals surface area contributed by atoms with Gasteiger partial charge in [-0.3, -0.25) is 14.5 Å². The van der Waals surface area contributed by atoms with Crippen LogP contribution in [0.4, 0.5) is 5.13 Å². The average molecular weight is 608 g/mol. The predicted molar refractivity (Wildman–Crippen MR) is 141 cm³/mol. The summed E-state index contributed by atoms with van der Waals surface area (Å²) >= 11 is 5.34. The second kappa shape index (κ2) is 10.2. The van der Waals surface area contributed by atoms with Crippen molar-refractivity contribution in [2.24, 2.45) is 0 Å². The van der Waals surface area contributed by atoms with Crippen LogP contribution in [0.15, 0.2) is 27.9 Å². The molecule has 37 heavy (non-hydrogen) atoms. The summed E-state index contributed by atoms with van der Waals surface area (Å²) in [4.78, 5) is 50.0. The van der Waals surface area contributed by atoms with Gasteiger partial charge in [-0.25, -0.2) is 14.8 Å². The zero-order valence-corrected chi connectivity index (χ0v) is 23.6. The fraction of sp³-hybridized carbons (Fsp3) is 0.292. The highest BCUT2D eigenvalue weighted by atomic mass is 79.9. The number of hydrogen-bond acceptors (Lipinski definition) is 11. The van der Waals surface area contributed by atoms with E-state index in [1.54, 1.807) is 27.7 Å². The van der Waals surface area contributed by atoms with E-state index in [1.807, 2.05) is 0 Å². The number of thiazole rings is 2. The number of halogens is 1. The second-order valence-electron chi connectivity index (χ2n) is 8.00. The van der Waals surface area contributed by atoms with E-state index in [9.17, 15) is 24.6 Å². The summed E-state index contributed by atoms with van der Waals surface area (Å²) in [6.45, 7) is 6.86. The lowest BCUT2D eigenvalue weighted by molar-refractivity contribution is -0.117. The molecule has 194 valence electrons. The Morgan fingerprint density at radius 2 is 1.78 bits per heavy atom. The molecule has 10 nitrogen and oxygen atoms in total. The van der Waals surface area contributed by atoms with E-state index in [0.717, 1.165) is 27.6 Å². The first-order chi connectivity index (χ1) is 17.5. The van der Waals surface area contributed by atoms with Crippen molar-refractivity contribution in [1.82, 2.24) is 9.97 Å². The van der Waals surface area contributed by atoms with Crippen molar-refractivity contribution in [1.29, 1.82) is 0 Å². The first-order valence-electron chi connectivity index (χ1n) is 11.0. The number of aryl methyl sites for hydroxylation is 3. The third kappa shape index (κ3) is 4.62. The number of ether oxygens (including phenoxy) is 2. The van der Waals surface area contributed by atoms with Crippen LogP contribution in [0.1, 0.15) is 54.3 Å². The molecule has 2 N–H and O–H groups in total. The van der Waals surface area contributed by atoms with E-state index in [4.69, 9.17) is 9.47 Å². The van der Waals surface area contributed by atoms with Crippen LogP contribution in [0.25, 0.3) is 0 Å². The zero-order valence-electron chi connectivity index (χ0n) is 20.4. The van der Waals surface area contributed by atoms with Gasteiger partial charge in [-0.2, -0.15) is 0 Å². The van der Waals surface area contributed by atoms with Crippen LogP contribution < -0.4 is 9.64 Å².